The fourth-order valence-corrected chi connectivity index (χ4v) is 2.47. The van der Waals surface area contributed by atoms with E-state index in [2.05, 4.69) is 35.9 Å². The third-order valence-corrected chi connectivity index (χ3v) is 3.76. The van der Waals surface area contributed by atoms with Crippen LogP contribution in [0.3, 0.4) is 0 Å². The molecule has 0 aromatic heterocycles. The van der Waals surface area contributed by atoms with Gasteiger partial charge in [0.1, 0.15) is 0 Å². The van der Waals surface area contributed by atoms with Crippen molar-refractivity contribution in [3.63, 3.8) is 0 Å². The van der Waals surface area contributed by atoms with Crippen LogP contribution in [0.1, 0.15) is 46.5 Å². The Morgan fingerprint density at radius 3 is 2.69 bits per heavy atom. The molecular formula is C14H26N2. The van der Waals surface area contributed by atoms with Gasteiger partial charge < -0.3 is 10.2 Å². The van der Waals surface area contributed by atoms with Gasteiger partial charge in [0.25, 0.3) is 0 Å². The van der Waals surface area contributed by atoms with E-state index in [4.69, 9.17) is 0 Å². The minimum Gasteiger partial charge on any atom is -0.310 e. The lowest BCUT2D eigenvalue weighted by Gasteiger charge is -2.35. The Bertz CT molecular complexity index is 245. The van der Waals surface area contributed by atoms with Crippen molar-refractivity contribution in [3.05, 3.63) is 0 Å². The van der Waals surface area contributed by atoms with Crippen LogP contribution in [-0.2, 0) is 0 Å². The minimum atomic E-state index is 0.343. The number of nitrogens with zero attached hydrogens (tertiary/aromatic N) is 1. The van der Waals surface area contributed by atoms with Crippen molar-refractivity contribution in [1.29, 1.82) is 0 Å². The zero-order valence-corrected chi connectivity index (χ0v) is 11.1. The van der Waals surface area contributed by atoms with Gasteiger partial charge in [-0.05, 0) is 39.3 Å². The molecule has 0 unspecified atom stereocenters. The van der Waals surface area contributed by atoms with Gasteiger partial charge in [-0.25, -0.2) is 0 Å². The van der Waals surface area contributed by atoms with Gasteiger partial charge in [0, 0.05) is 25.0 Å². The molecule has 0 atom stereocenters. The van der Waals surface area contributed by atoms with Gasteiger partial charge >= 0.3 is 0 Å². The van der Waals surface area contributed by atoms with Crippen molar-refractivity contribution in [2.75, 3.05) is 26.2 Å². The summed E-state index contributed by atoms with van der Waals surface area (Å²) in [6.07, 6.45) is 4.72. The quantitative estimate of drug-likeness (QED) is 0.734. The predicted molar refractivity (Wildman–Crippen MR) is 70.4 cm³/mol. The van der Waals surface area contributed by atoms with Crippen LogP contribution in [0.25, 0.3) is 0 Å². The topological polar surface area (TPSA) is 15.3 Å². The predicted octanol–water partition coefficient (Wildman–Crippen LogP) is 2.25. The molecule has 0 amide bonds. The third-order valence-electron chi connectivity index (χ3n) is 3.76. The summed E-state index contributed by atoms with van der Waals surface area (Å²) < 4.78 is 0. The zero-order chi connectivity index (χ0) is 11.9. The molecule has 1 heterocycles. The second kappa shape index (κ2) is 6.93. The lowest BCUT2D eigenvalue weighted by Crippen LogP contribution is -2.50. The van der Waals surface area contributed by atoms with Crippen molar-refractivity contribution >= 4 is 0 Å². The maximum Gasteiger partial charge on any atom is 0.0303 e. The van der Waals surface area contributed by atoms with Gasteiger partial charge in [-0.3, -0.25) is 0 Å². The van der Waals surface area contributed by atoms with Gasteiger partial charge in [0.2, 0.25) is 0 Å². The molecule has 92 valence electrons. The molecule has 1 saturated heterocycles. The smallest absolute Gasteiger partial charge is 0.0303 e. The monoisotopic (exact) mass is 222 g/mol. The van der Waals surface area contributed by atoms with Crippen LogP contribution in [0.4, 0.5) is 0 Å². The van der Waals surface area contributed by atoms with E-state index >= 15 is 0 Å². The standard InChI is InChI=1S/C14H26N2/c1-4-7-8-11-16-12-9-10-15-14(5-2,6-3)13-16/h15H,5-6,8-13H2,1-3H3. The van der Waals surface area contributed by atoms with Crippen LogP contribution in [-0.4, -0.2) is 36.6 Å². The molecular weight excluding hydrogens is 196 g/mol. The van der Waals surface area contributed by atoms with Crippen LogP contribution in [0.2, 0.25) is 0 Å². The van der Waals surface area contributed by atoms with Crippen molar-refractivity contribution < 1.29 is 0 Å². The Labute approximate surface area is 101 Å². The number of hydrogen-bond acceptors (Lipinski definition) is 2. The number of rotatable bonds is 4. The first-order valence-corrected chi connectivity index (χ1v) is 6.63. The van der Waals surface area contributed by atoms with Gasteiger partial charge in [-0.2, -0.15) is 0 Å². The summed E-state index contributed by atoms with van der Waals surface area (Å²) in [6, 6.07) is 0. The highest BCUT2D eigenvalue weighted by Gasteiger charge is 2.29. The molecule has 0 aromatic carbocycles. The van der Waals surface area contributed by atoms with Gasteiger partial charge in [-0.1, -0.05) is 13.8 Å². The van der Waals surface area contributed by atoms with E-state index < -0.39 is 0 Å². The molecule has 1 aliphatic heterocycles. The zero-order valence-electron chi connectivity index (χ0n) is 11.1. The highest BCUT2D eigenvalue weighted by Crippen LogP contribution is 2.19. The van der Waals surface area contributed by atoms with Crippen LogP contribution >= 0.6 is 0 Å². The fourth-order valence-electron chi connectivity index (χ4n) is 2.47. The van der Waals surface area contributed by atoms with Crippen molar-refractivity contribution in [3.8, 4) is 11.8 Å². The van der Waals surface area contributed by atoms with E-state index in [0.29, 0.717) is 5.54 Å². The summed E-state index contributed by atoms with van der Waals surface area (Å²) in [7, 11) is 0. The van der Waals surface area contributed by atoms with E-state index in [-0.39, 0.29) is 0 Å². The van der Waals surface area contributed by atoms with E-state index in [1.54, 1.807) is 0 Å². The number of hydrogen-bond donors (Lipinski definition) is 1. The lowest BCUT2D eigenvalue weighted by molar-refractivity contribution is 0.200. The summed E-state index contributed by atoms with van der Waals surface area (Å²) in [5.74, 6) is 6.15. The number of nitrogens with one attached hydrogen (secondary N) is 1. The summed E-state index contributed by atoms with van der Waals surface area (Å²) in [6.45, 7) is 11.2. The van der Waals surface area contributed by atoms with Crippen molar-refractivity contribution in [2.45, 2.75) is 52.0 Å². The molecule has 2 heteroatoms. The fraction of sp³-hybridized carbons (Fsp3) is 0.857. The van der Waals surface area contributed by atoms with E-state index in [1.165, 1.54) is 32.4 Å². The molecule has 0 bridgehead atoms. The van der Waals surface area contributed by atoms with E-state index in [0.717, 1.165) is 19.5 Å². The maximum atomic E-state index is 3.74. The summed E-state index contributed by atoms with van der Waals surface area (Å²) >= 11 is 0. The Hall–Kier alpha value is -0.520. The molecule has 0 radical (unpaired) electrons. The second-order valence-electron chi connectivity index (χ2n) is 4.72. The van der Waals surface area contributed by atoms with E-state index in [1.807, 2.05) is 6.92 Å². The van der Waals surface area contributed by atoms with E-state index in [9.17, 15) is 0 Å². The van der Waals surface area contributed by atoms with Crippen LogP contribution in [0, 0.1) is 11.8 Å². The first-order chi connectivity index (χ1) is 7.76. The molecule has 1 aliphatic rings. The maximum absolute atomic E-state index is 3.74. The highest BCUT2D eigenvalue weighted by molar-refractivity contribution is 4.97. The van der Waals surface area contributed by atoms with Crippen molar-refractivity contribution in [2.24, 2.45) is 0 Å². The Balaban J connectivity index is 2.53. The second-order valence-corrected chi connectivity index (χ2v) is 4.72. The van der Waals surface area contributed by atoms with Gasteiger partial charge in [0.15, 0.2) is 0 Å². The normalized spacial score (nSPS) is 20.9. The molecule has 2 nitrogen and oxygen atoms in total. The van der Waals surface area contributed by atoms with Crippen LogP contribution in [0.5, 0.6) is 0 Å². The third kappa shape index (κ3) is 3.81. The molecule has 1 fully saturated rings. The average Bonchev–Trinajstić information content (AvgIpc) is 2.53. The molecule has 0 aromatic rings. The molecule has 0 saturated carbocycles. The Kier molecular flexibility index (Phi) is 5.87. The summed E-state index contributed by atoms with van der Waals surface area (Å²) in [4.78, 5) is 2.58. The highest BCUT2D eigenvalue weighted by atomic mass is 15.2. The largest absolute Gasteiger partial charge is 0.310 e. The van der Waals surface area contributed by atoms with Gasteiger partial charge in [-0.15, -0.1) is 11.8 Å². The van der Waals surface area contributed by atoms with Gasteiger partial charge in [0.05, 0.1) is 0 Å². The first kappa shape index (κ1) is 13.5. The summed E-state index contributed by atoms with van der Waals surface area (Å²) in [5.41, 5.74) is 0.343. The lowest BCUT2D eigenvalue weighted by atomic mass is 9.92. The van der Waals surface area contributed by atoms with Crippen LogP contribution in [0.15, 0.2) is 0 Å². The van der Waals surface area contributed by atoms with Crippen LogP contribution < -0.4 is 5.32 Å². The minimum absolute atomic E-state index is 0.343. The Morgan fingerprint density at radius 2 is 2.06 bits per heavy atom. The Morgan fingerprint density at radius 1 is 1.31 bits per heavy atom. The van der Waals surface area contributed by atoms with Crippen molar-refractivity contribution in [1.82, 2.24) is 10.2 Å². The molecule has 0 spiro atoms. The molecule has 1 N–H and O–H groups in total. The SMILES string of the molecule is CC#CCCN1CCCNC(CC)(CC)C1. The first-order valence-electron chi connectivity index (χ1n) is 6.63. The molecule has 16 heavy (non-hydrogen) atoms. The molecule has 1 rings (SSSR count). The molecule has 0 aliphatic carbocycles. The summed E-state index contributed by atoms with van der Waals surface area (Å²) in [5, 5.41) is 3.74. The average molecular weight is 222 g/mol.